The molecule has 2 amide bonds. The highest BCUT2D eigenvalue weighted by atomic mass is 16.2. The van der Waals surface area contributed by atoms with E-state index in [1.807, 2.05) is 42.5 Å². The first-order valence-corrected chi connectivity index (χ1v) is 5.62. The summed E-state index contributed by atoms with van der Waals surface area (Å²) in [5, 5.41) is 1.58. The lowest BCUT2D eigenvalue weighted by molar-refractivity contribution is 0.248. The van der Waals surface area contributed by atoms with Crippen molar-refractivity contribution in [2.24, 2.45) is 5.73 Å². The largest absolute Gasteiger partial charge is 0.350 e. The molecule has 0 aliphatic heterocycles. The van der Waals surface area contributed by atoms with Crippen molar-refractivity contribution in [2.45, 2.75) is 0 Å². The molecule has 0 aliphatic rings. The molecule has 0 unspecified atom stereocenters. The second kappa shape index (κ2) is 5.23. The Bertz CT molecular complexity index is 522. The van der Waals surface area contributed by atoms with Gasteiger partial charge >= 0.3 is 6.03 Å². The first-order chi connectivity index (χ1) is 8.66. The van der Waals surface area contributed by atoms with Crippen molar-refractivity contribution in [3.63, 3.8) is 0 Å². The zero-order valence-electron chi connectivity index (χ0n) is 10.1. The van der Waals surface area contributed by atoms with Crippen molar-refractivity contribution in [3.05, 3.63) is 54.6 Å². The van der Waals surface area contributed by atoms with Crippen LogP contribution in [0.4, 0.5) is 10.5 Å². The molecule has 0 heterocycles. The van der Waals surface area contributed by atoms with Crippen molar-refractivity contribution in [2.75, 3.05) is 12.1 Å². The smallest absolute Gasteiger partial charge is 0.330 e. The van der Waals surface area contributed by atoms with Gasteiger partial charge in [0.25, 0.3) is 0 Å². The quantitative estimate of drug-likeness (QED) is 0.810. The van der Waals surface area contributed by atoms with E-state index in [0.29, 0.717) is 0 Å². The molecule has 0 aromatic heterocycles. The average Bonchev–Trinajstić information content (AvgIpc) is 2.39. The Morgan fingerprint density at radius 1 is 1.00 bits per heavy atom. The summed E-state index contributed by atoms with van der Waals surface area (Å²) >= 11 is 0. The summed E-state index contributed by atoms with van der Waals surface area (Å²) in [6.07, 6.45) is 0. The number of urea groups is 1. The maximum absolute atomic E-state index is 10.7. The van der Waals surface area contributed by atoms with Crippen LogP contribution in [0, 0.1) is 0 Å². The van der Waals surface area contributed by atoms with Gasteiger partial charge in [-0.25, -0.2) is 10.2 Å². The van der Waals surface area contributed by atoms with Gasteiger partial charge in [-0.15, -0.1) is 0 Å². The highest BCUT2D eigenvalue weighted by Crippen LogP contribution is 2.21. The number of nitrogens with one attached hydrogen (secondary N) is 1. The average molecular weight is 241 g/mol. The molecule has 0 radical (unpaired) electrons. The van der Waals surface area contributed by atoms with Crippen molar-refractivity contribution in [1.29, 1.82) is 0 Å². The minimum absolute atomic E-state index is 0.579. The molecule has 0 spiro atoms. The van der Waals surface area contributed by atoms with Crippen molar-refractivity contribution >= 4 is 11.7 Å². The third-order valence-corrected chi connectivity index (χ3v) is 2.64. The van der Waals surface area contributed by atoms with Crippen LogP contribution in [-0.4, -0.2) is 13.1 Å². The SMILES string of the molecule is CN(NC(N)=O)c1ccc(-c2ccccc2)cc1. The Morgan fingerprint density at radius 2 is 1.56 bits per heavy atom. The Hall–Kier alpha value is -2.49. The summed E-state index contributed by atoms with van der Waals surface area (Å²) in [5.41, 5.74) is 10.7. The fourth-order valence-electron chi connectivity index (χ4n) is 1.74. The third-order valence-electron chi connectivity index (χ3n) is 2.64. The minimum Gasteiger partial charge on any atom is -0.350 e. The van der Waals surface area contributed by atoms with E-state index in [4.69, 9.17) is 5.73 Å². The molecule has 0 bridgehead atoms. The van der Waals surface area contributed by atoms with Crippen LogP contribution in [0.25, 0.3) is 11.1 Å². The number of carbonyl (C=O) groups excluding carboxylic acids is 1. The molecule has 0 aliphatic carbocycles. The van der Waals surface area contributed by atoms with E-state index in [1.54, 1.807) is 12.1 Å². The van der Waals surface area contributed by atoms with Gasteiger partial charge in [0.2, 0.25) is 0 Å². The zero-order chi connectivity index (χ0) is 13.0. The van der Waals surface area contributed by atoms with Crippen molar-refractivity contribution < 1.29 is 4.79 Å². The Balaban J connectivity index is 2.18. The number of rotatable bonds is 3. The first kappa shape index (κ1) is 12.0. The fourth-order valence-corrected chi connectivity index (χ4v) is 1.74. The number of hydrazine groups is 1. The van der Waals surface area contributed by atoms with Gasteiger partial charge in [0, 0.05) is 7.05 Å². The normalized spacial score (nSPS) is 9.83. The van der Waals surface area contributed by atoms with Crippen molar-refractivity contribution in [3.8, 4) is 11.1 Å². The highest BCUT2D eigenvalue weighted by Gasteiger charge is 2.03. The number of primary amides is 1. The lowest BCUT2D eigenvalue weighted by atomic mass is 10.1. The molecule has 3 N–H and O–H groups in total. The number of amides is 2. The molecule has 0 atom stereocenters. The Labute approximate surface area is 106 Å². The van der Waals surface area contributed by atoms with Crippen molar-refractivity contribution in [1.82, 2.24) is 5.43 Å². The molecule has 0 saturated carbocycles. The number of anilines is 1. The summed E-state index contributed by atoms with van der Waals surface area (Å²) in [7, 11) is 1.74. The maximum atomic E-state index is 10.7. The maximum Gasteiger partial charge on any atom is 0.330 e. The highest BCUT2D eigenvalue weighted by molar-refractivity contribution is 5.74. The molecule has 92 valence electrons. The second-order valence-corrected chi connectivity index (χ2v) is 3.95. The van der Waals surface area contributed by atoms with E-state index in [2.05, 4.69) is 17.6 Å². The minimum atomic E-state index is -0.579. The van der Waals surface area contributed by atoms with Gasteiger partial charge in [-0.3, -0.25) is 5.01 Å². The summed E-state index contributed by atoms with van der Waals surface area (Å²) < 4.78 is 0. The number of hydrogen-bond donors (Lipinski definition) is 2. The molecule has 2 rings (SSSR count). The van der Waals surface area contributed by atoms with Gasteiger partial charge in [-0.2, -0.15) is 0 Å². The summed E-state index contributed by atoms with van der Waals surface area (Å²) in [5.74, 6) is 0. The van der Waals surface area contributed by atoms with Gasteiger partial charge in [0.1, 0.15) is 0 Å². The summed E-state index contributed by atoms with van der Waals surface area (Å²) in [6, 6.07) is 17.4. The predicted molar refractivity (Wildman–Crippen MR) is 73.0 cm³/mol. The van der Waals surface area contributed by atoms with Gasteiger partial charge in [0.05, 0.1) is 5.69 Å². The molecule has 18 heavy (non-hydrogen) atoms. The van der Waals surface area contributed by atoms with Gasteiger partial charge < -0.3 is 5.73 Å². The van der Waals surface area contributed by atoms with Crippen LogP contribution >= 0.6 is 0 Å². The fraction of sp³-hybridized carbons (Fsp3) is 0.0714. The molecule has 4 nitrogen and oxygen atoms in total. The molecular formula is C14H15N3O. The Morgan fingerprint density at radius 3 is 2.11 bits per heavy atom. The lowest BCUT2D eigenvalue weighted by Gasteiger charge is -2.19. The standard InChI is InChI=1S/C14H15N3O/c1-17(16-14(15)18)13-9-7-12(8-10-13)11-5-3-2-4-6-11/h2-10H,1H3,(H3,15,16,18). The van der Waals surface area contributed by atoms with E-state index >= 15 is 0 Å². The molecule has 4 heteroatoms. The van der Waals surface area contributed by atoms with Crippen LogP contribution in [0.15, 0.2) is 54.6 Å². The van der Waals surface area contributed by atoms with Crippen LogP contribution in [0.2, 0.25) is 0 Å². The number of hydrogen-bond acceptors (Lipinski definition) is 2. The number of carbonyl (C=O) groups is 1. The van der Waals surface area contributed by atoms with Gasteiger partial charge in [-0.05, 0) is 23.3 Å². The van der Waals surface area contributed by atoms with E-state index in [9.17, 15) is 4.79 Å². The van der Waals surface area contributed by atoms with E-state index < -0.39 is 6.03 Å². The monoisotopic (exact) mass is 241 g/mol. The number of nitrogens with zero attached hydrogens (tertiary/aromatic N) is 1. The number of benzene rings is 2. The first-order valence-electron chi connectivity index (χ1n) is 5.62. The lowest BCUT2D eigenvalue weighted by Crippen LogP contribution is -2.42. The molecule has 2 aromatic carbocycles. The predicted octanol–water partition coefficient (Wildman–Crippen LogP) is 2.37. The molecule has 0 saturated heterocycles. The third kappa shape index (κ3) is 2.79. The van der Waals surface area contributed by atoms with E-state index in [-0.39, 0.29) is 0 Å². The van der Waals surface area contributed by atoms with Crippen LogP contribution in [0.5, 0.6) is 0 Å². The van der Waals surface area contributed by atoms with Crippen LogP contribution < -0.4 is 16.2 Å². The van der Waals surface area contributed by atoms with Gasteiger partial charge in [-0.1, -0.05) is 42.5 Å². The van der Waals surface area contributed by atoms with Gasteiger partial charge in [0.15, 0.2) is 0 Å². The molecule has 0 fully saturated rings. The second-order valence-electron chi connectivity index (χ2n) is 3.95. The van der Waals surface area contributed by atoms with Crippen LogP contribution in [-0.2, 0) is 0 Å². The summed E-state index contributed by atoms with van der Waals surface area (Å²) in [4.78, 5) is 10.7. The van der Waals surface area contributed by atoms with Crippen LogP contribution in [0.3, 0.4) is 0 Å². The topological polar surface area (TPSA) is 58.4 Å². The molecule has 2 aromatic rings. The number of nitrogens with two attached hydrogens (primary N) is 1. The van der Waals surface area contributed by atoms with E-state index in [0.717, 1.165) is 16.8 Å². The summed E-state index contributed by atoms with van der Waals surface area (Å²) in [6.45, 7) is 0. The van der Waals surface area contributed by atoms with E-state index in [1.165, 1.54) is 0 Å². The zero-order valence-corrected chi connectivity index (χ0v) is 10.1. The molecular weight excluding hydrogens is 226 g/mol. The Kier molecular flexibility index (Phi) is 3.48. The van der Waals surface area contributed by atoms with Crippen LogP contribution in [0.1, 0.15) is 0 Å².